The number of rotatable bonds is 2. The second-order valence-corrected chi connectivity index (χ2v) is 5.96. The summed E-state index contributed by atoms with van der Waals surface area (Å²) in [5, 5.41) is 9.84. The highest BCUT2D eigenvalue weighted by atomic mass is 32.2. The van der Waals surface area contributed by atoms with Gasteiger partial charge in [0.05, 0.1) is 10.2 Å². The van der Waals surface area contributed by atoms with Gasteiger partial charge in [-0.15, -0.1) is 0 Å². The molecule has 2 rings (SSSR count). The lowest BCUT2D eigenvalue weighted by Gasteiger charge is -2.04. The van der Waals surface area contributed by atoms with Crippen molar-refractivity contribution in [3.05, 3.63) is 41.1 Å². The number of nitrogens with zero attached hydrogens (tertiary/aromatic N) is 2. The Labute approximate surface area is 97.2 Å². The summed E-state index contributed by atoms with van der Waals surface area (Å²) in [6, 6.07) is 6.39. The minimum absolute atomic E-state index is 0.0289. The average Bonchev–Trinajstić information content (AvgIpc) is 2.24. The number of aromatic nitrogens is 2. The van der Waals surface area contributed by atoms with Crippen molar-refractivity contribution in [3.63, 3.8) is 0 Å². The summed E-state index contributed by atoms with van der Waals surface area (Å²) in [7, 11) is -3.32. The molecule has 17 heavy (non-hydrogen) atoms. The van der Waals surface area contributed by atoms with Crippen LogP contribution in [-0.2, 0) is 15.6 Å². The summed E-state index contributed by atoms with van der Waals surface area (Å²) < 4.78 is 23.6. The highest BCUT2D eigenvalue weighted by Crippen LogP contribution is 2.11. The van der Waals surface area contributed by atoms with Crippen LogP contribution in [0.4, 0.5) is 0 Å². The number of sulfone groups is 1. The fourth-order valence-electron chi connectivity index (χ4n) is 1.61. The van der Waals surface area contributed by atoms with E-state index in [2.05, 4.69) is 0 Å². The predicted molar refractivity (Wildman–Crippen MR) is 61.0 cm³/mol. The van der Waals surface area contributed by atoms with Gasteiger partial charge in [0, 0.05) is 17.2 Å². The van der Waals surface area contributed by atoms with Gasteiger partial charge < -0.3 is 5.21 Å². The van der Waals surface area contributed by atoms with E-state index in [1.807, 2.05) is 0 Å². The summed E-state index contributed by atoms with van der Waals surface area (Å²) >= 11 is 0. The molecular weight excluding hydrogens is 244 g/mol. The largest absolute Gasteiger partial charge is 0.428 e. The highest BCUT2D eigenvalue weighted by Gasteiger charge is 2.18. The molecule has 0 fully saturated rings. The number of para-hydroxylation sites is 2. The summed E-state index contributed by atoms with van der Waals surface area (Å²) in [4.78, 5) is 11.6. The molecule has 6 nitrogen and oxygen atoms in total. The van der Waals surface area contributed by atoms with E-state index in [0.29, 0.717) is 4.43 Å². The van der Waals surface area contributed by atoms with Gasteiger partial charge in [-0.3, -0.25) is 0 Å². The van der Waals surface area contributed by atoms with Crippen molar-refractivity contribution >= 4 is 20.9 Å². The third-order valence-corrected chi connectivity index (χ3v) is 3.12. The molecule has 2 aromatic rings. The van der Waals surface area contributed by atoms with Crippen LogP contribution in [0, 0.1) is 4.91 Å². The molecule has 90 valence electrons. The zero-order chi connectivity index (χ0) is 12.6. The smallest absolute Gasteiger partial charge is 0.289 e. The zero-order valence-corrected chi connectivity index (χ0v) is 9.88. The minimum atomic E-state index is -3.32. The second-order valence-electron chi connectivity index (χ2n) is 3.82. The van der Waals surface area contributed by atoms with Gasteiger partial charge in [0.2, 0.25) is 0 Å². The molecule has 0 spiro atoms. The van der Waals surface area contributed by atoms with Crippen molar-refractivity contribution in [2.75, 3.05) is 6.26 Å². The lowest BCUT2D eigenvalue weighted by molar-refractivity contribution is -0.465. The van der Waals surface area contributed by atoms with Crippen LogP contribution in [0.25, 0.3) is 11.0 Å². The van der Waals surface area contributed by atoms with E-state index >= 15 is 0 Å². The van der Waals surface area contributed by atoms with E-state index in [1.165, 1.54) is 6.07 Å². The molecule has 0 saturated carbocycles. The van der Waals surface area contributed by atoms with Crippen molar-refractivity contribution in [2.24, 2.45) is 0 Å². The quantitative estimate of drug-likeness (QED) is 0.619. The Hall–Kier alpha value is -1.89. The van der Waals surface area contributed by atoms with Crippen molar-refractivity contribution < 1.29 is 18.1 Å². The molecule has 0 radical (unpaired) electrons. The molecule has 0 saturated heterocycles. The molecule has 0 unspecified atom stereocenters. The maximum Gasteiger partial charge on any atom is 0.289 e. The summed E-state index contributed by atoms with van der Waals surface area (Å²) in [6.45, 7) is 0. The molecule has 1 heterocycles. The molecule has 0 amide bonds. The number of hydrogen-bond donors (Lipinski definition) is 1. The highest BCUT2D eigenvalue weighted by molar-refractivity contribution is 7.89. The Kier molecular flexibility index (Phi) is 2.62. The van der Waals surface area contributed by atoms with E-state index < -0.39 is 15.6 Å². The summed E-state index contributed by atoms with van der Waals surface area (Å²) in [5.41, 5.74) is 0.567. The Morgan fingerprint density at radius 3 is 2.65 bits per heavy atom. The van der Waals surface area contributed by atoms with Gasteiger partial charge >= 0.3 is 0 Å². The standard InChI is InChI=1S/C10H11N2O4S/c1-17(15,16)7-8-6-11(13)9-4-2-3-5-10(9)12(8)14/h2-6,14H,7H2,1H3/q+1. The van der Waals surface area contributed by atoms with Crippen LogP contribution >= 0.6 is 0 Å². The topological polar surface area (TPSA) is 82.3 Å². The molecule has 0 atom stereocenters. The minimum Gasteiger partial charge on any atom is -0.428 e. The van der Waals surface area contributed by atoms with Crippen LogP contribution in [0.2, 0.25) is 0 Å². The first-order valence-corrected chi connectivity index (χ1v) is 6.87. The molecule has 1 aromatic carbocycles. The monoisotopic (exact) mass is 255 g/mol. The first kappa shape index (κ1) is 11.6. The molecule has 7 heteroatoms. The van der Waals surface area contributed by atoms with Gasteiger partial charge in [0.25, 0.3) is 11.7 Å². The molecule has 1 aromatic heterocycles. The van der Waals surface area contributed by atoms with E-state index in [9.17, 15) is 18.5 Å². The Morgan fingerprint density at radius 2 is 2.00 bits per heavy atom. The predicted octanol–water partition coefficient (Wildman–Crippen LogP) is 0.338. The van der Waals surface area contributed by atoms with Crippen LogP contribution in [0.3, 0.4) is 0 Å². The van der Waals surface area contributed by atoms with Crippen molar-refractivity contribution in [3.8, 4) is 0 Å². The molecule has 0 aliphatic heterocycles. The number of hydrogen-bond acceptors (Lipinski definition) is 4. The van der Waals surface area contributed by atoms with Gasteiger partial charge in [-0.2, -0.15) is 4.73 Å². The average molecular weight is 255 g/mol. The Morgan fingerprint density at radius 1 is 1.35 bits per heavy atom. The van der Waals surface area contributed by atoms with Crippen LogP contribution in [0.15, 0.2) is 30.5 Å². The molecule has 0 aliphatic carbocycles. The fourth-order valence-corrected chi connectivity index (χ4v) is 2.35. The first-order chi connectivity index (χ1) is 7.88. The summed E-state index contributed by atoms with van der Waals surface area (Å²) in [5.74, 6) is -0.392. The molecule has 0 aliphatic rings. The van der Waals surface area contributed by atoms with Crippen molar-refractivity contribution in [2.45, 2.75) is 5.75 Å². The molecule has 0 bridgehead atoms. The SMILES string of the molecule is CS(=O)(=O)Cc1c[n+](=O)c2ccccc2n1O. The van der Waals surface area contributed by atoms with Crippen molar-refractivity contribution in [1.29, 1.82) is 0 Å². The zero-order valence-electron chi connectivity index (χ0n) is 9.07. The van der Waals surface area contributed by atoms with Crippen LogP contribution in [0.1, 0.15) is 5.69 Å². The Bertz CT molecular complexity index is 734. The van der Waals surface area contributed by atoms with Gasteiger partial charge in [0.1, 0.15) is 5.69 Å². The second kappa shape index (κ2) is 3.85. The third kappa shape index (κ3) is 2.28. The Balaban J connectivity index is 2.76. The number of benzene rings is 1. The van der Waals surface area contributed by atoms with Gasteiger partial charge in [0.15, 0.2) is 15.4 Å². The van der Waals surface area contributed by atoms with Crippen LogP contribution < -0.4 is 4.43 Å². The number of fused-ring (bicyclic) bond motifs is 1. The van der Waals surface area contributed by atoms with E-state index in [0.717, 1.165) is 17.2 Å². The van der Waals surface area contributed by atoms with Crippen LogP contribution in [0.5, 0.6) is 0 Å². The van der Waals surface area contributed by atoms with Crippen LogP contribution in [-0.4, -0.2) is 24.6 Å². The molecule has 1 N–H and O–H groups in total. The lowest BCUT2D eigenvalue weighted by Crippen LogP contribution is -2.22. The van der Waals surface area contributed by atoms with E-state index in [1.54, 1.807) is 18.2 Å². The van der Waals surface area contributed by atoms with E-state index in [-0.39, 0.29) is 16.7 Å². The third-order valence-electron chi connectivity index (χ3n) is 2.30. The van der Waals surface area contributed by atoms with Gasteiger partial charge in [-0.1, -0.05) is 12.1 Å². The van der Waals surface area contributed by atoms with Gasteiger partial charge in [-0.05, 0) is 6.07 Å². The fraction of sp³-hybridized carbons (Fsp3) is 0.200. The maximum atomic E-state index is 11.6. The lowest BCUT2D eigenvalue weighted by atomic mass is 10.3. The normalized spacial score (nSPS) is 11.8. The van der Waals surface area contributed by atoms with Crippen molar-refractivity contribution in [1.82, 2.24) is 4.73 Å². The summed E-state index contributed by atoms with van der Waals surface area (Å²) in [6.07, 6.45) is 2.10. The van der Waals surface area contributed by atoms with E-state index in [4.69, 9.17) is 0 Å². The molecular formula is C10H11N2O4S+. The first-order valence-electron chi connectivity index (χ1n) is 4.81. The van der Waals surface area contributed by atoms with Gasteiger partial charge in [-0.25, -0.2) is 8.42 Å². The maximum absolute atomic E-state index is 11.6.